The highest BCUT2D eigenvalue weighted by molar-refractivity contribution is 7.89. The maximum absolute atomic E-state index is 13.9. The Kier molecular flexibility index (Phi) is 5.36. The molecule has 3 atom stereocenters. The van der Waals surface area contributed by atoms with Crippen LogP contribution in [0.3, 0.4) is 0 Å². The molecule has 4 rings (SSSR count). The molecule has 31 heavy (non-hydrogen) atoms. The van der Waals surface area contributed by atoms with E-state index in [4.69, 9.17) is 10.5 Å². The molecule has 2 aliphatic heterocycles. The minimum atomic E-state index is -4.07. The monoisotopic (exact) mass is 443 g/mol. The van der Waals surface area contributed by atoms with E-state index < -0.39 is 39.2 Å². The molecule has 1 fully saturated rings. The van der Waals surface area contributed by atoms with Crippen molar-refractivity contribution >= 4 is 27.5 Å². The molecule has 2 amide bonds. The summed E-state index contributed by atoms with van der Waals surface area (Å²) in [5.74, 6) is -2.55. The molecule has 2 aromatic carbocycles. The highest BCUT2D eigenvalue weighted by Gasteiger charge is 2.64. The highest BCUT2D eigenvalue weighted by atomic mass is 32.2. The summed E-state index contributed by atoms with van der Waals surface area (Å²) in [6.45, 7) is 1.98. The predicted molar refractivity (Wildman–Crippen MR) is 115 cm³/mol. The molecule has 0 bridgehead atoms. The van der Waals surface area contributed by atoms with Crippen LogP contribution in [0.1, 0.15) is 18.4 Å². The van der Waals surface area contributed by atoms with Gasteiger partial charge in [-0.2, -0.15) is 4.31 Å². The molecule has 2 heterocycles. The third kappa shape index (κ3) is 3.15. The smallest absolute Gasteiger partial charge is 0.249 e. The van der Waals surface area contributed by atoms with Crippen molar-refractivity contribution in [2.75, 3.05) is 31.7 Å². The normalized spacial score (nSPS) is 25.9. The largest absolute Gasteiger partial charge is 0.383 e. The van der Waals surface area contributed by atoms with Gasteiger partial charge in [0, 0.05) is 31.8 Å². The number of amides is 2. The second kappa shape index (κ2) is 7.74. The van der Waals surface area contributed by atoms with Gasteiger partial charge in [-0.3, -0.25) is 9.59 Å². The molecule has 1 saturated heterocycles. The van der Waals surface area contributed by atoms with Gasteiger partial charge in [-0.1, -0.05) is 36.4 Å². The quantitative estimate of drug-likeness (QED) is 0.724. The average molecular weight is 444 g/mol. The van der Waals surface area contributed by atoms with Gasteiger partial charge in [-0.25, -0.2) is 8.42 Å². The lowest BCUT2D eigenvalue weighted by Crippen LogP contribution is -2.62. The van der Waals surface area contributed by atoms with Crippen molar-refractivity contribution < 1.29 is 22.7 Å². The zero-order valence-corrected chi connectivity index (χ0v) is 18.2. The number of benzene rings is 2. The Morgan fingerprint density at radius 3 is 2.45 bits per heavy atom. The number of methoxy groups -OCH3 is 1. The van der Waals surface area contributed by atoms with E-state index in [1.54, 1.807) is 42.2 Å². The summed E-state index contributed by atoms with van der Waals surface area (Å²) in [4.78, 5) is 27.9. The van der Waals surface area contributed by atoms with Crippen LogP contribution in [-0.4, -0.2) is 56.9 Å². The number of nitrogens with two attached hydrogens (primary N) is 1. The van der Waals surface area contributed by atoms with Gasteiger partial charge < -0.3 is 15.4 Å². The zero-order chi connectivity index (χ0) is 22.4. The van der Waals surface area contributed by atoms with Crippen LogP contribution < -0.4 is 10.6 Å². The van der Waals surface area contributed by atoms with E-state index in [-0.39, 0.29) is 24.6 Å². The summed E-state index contributed by atoms with van der Waals surface area (Å²) in [5.41, 5.74) is 5.60. The van der Waals surface area contributed by atoms with Gasteiger partial charge in [0.05, 0.1) is 17.4 Å². The van der Waals surface area contributed by atoms with Crippen molar-refractivity contribution in [1.29, 1.82) is 0 Å². The average Bonchev–Trinajstić information content (AvgIpc) is 3.10. The van der Waals surface area contributed by atoms with Crippen LogP contribution in [0.4, 0.5) is 5.69 Å². The topological polar surface area (TPSA) is 110 Å². The van der Waals surface area contributed by atoms with Gasteiger partial charge in [0.1, 0.15) is 5.54 Å². The Morgan fingerprint density at radius 1 is 1.16 bits per heavy atom. The van der Waals surface area contributed by atoms with Crippen LogP contribution in [-0.2, 0) is 24.3 Å². The van der Waals surface area contributed by atoms with Crippen molar-refractivity contribution in [1.82, 2.24) is 4.31 Å². The van der Waals surface area contributed by atoms with Crippen LogP contribution in [0, 0.1) is 5.92 Å². The first-order chi connectivity index (χ1) is 14.7. The van der Waals surface area contributed by atoms with E-state index in [0.717, 1.165) is 9.87 Å². The Bertz CT molecular complexity index is 1120. The van der Waals surface area contributed by atoms with E-state index in [0.29, 0.717) is 5.69 Å². The van der Waals surface area contributed by atoms with E-state index in [2.05, 4.69) is 0 Å². The minimum Gasteiger partial charge on any atom is -0.383 e. The lowest BCUT2D eigenvalue weighted by atomic mass is 9.72. The summed E-state index contributed by atoms with van der Waals surface area (Å²) in [6.07, 6.45) is 0. The van der Waals surface area contributed by atoms with Gasteiger partial charge in [-0.05, 0) is 30.7 Å². The molecular formula is C22H25N3O5S. The number of carbonyl (C=O) groups excluding carboxylic acids is 2. The van der Waals surface area contributed by atoms with Crippen LogP contribution in [0.15, 0.2) is 59.5 Å². The number of primary amides is 1. The Labute approximate surface area is 181 Å². The van der Waals surface area contributed by atoms with Gasteiger partial charge in [0.15, 0.2) is 0 Å². The number of ether oxygens (including phenoxy) is 1. The first kappa shape index (κ1) is 21.5. The number of sulfonamides is 1. The van der Waals surface area contributed by atoms with Crippen molar-refractivity contribution in [2.45, 2.75) is 23.3 Å². The second-order valence-corrected chi connectivity index (χ2v) is 9.85. The summed E-state index contributed by atoms with van der Waals surface area (Å²) in [7, 11) is -2.53. The van der Waals surface area contributed by atoms with Crippen molar-refractivity contribution in [3.8, 4) is 0 Å². The lowest BCUT2D eigenvalue weighted by molar-refractivity contribution is -0.128. The maximum atomic E-state index is 13.9. The number of rotatable bonds is 6. The molecule has 0 aliphatic carbocycles. The molecule has 0 aromatic heterocycles. The second-order valence-electron chi connectivity index (χ2n) is 7.99. The van der Waals surface area contributed by atoms with Crippen LogP contribution in [0.25, 0.3) is 0 Å². The van der Waals surface area contributed by atoms with Crippen LogP contribution in [0.2, 0.25) is 0 Å². The van der Waals surface area contributed by atoms with Crippen LogP contribution in [0.5, 0.6) is 0 Å². The number of nitrogens with zero attached hydrogens (tertiary/aromatic N) is 2. The molecular weight excluding hydrogens is 418 g/mol. The molecule has 164 valence electrons. The highest BCUT2D eigenvalue weighted by Crippen LogP contribution is 2.54. The molecule has 9 heteroatoms. The summed E-state index contributed by atoms with van der Waals surface area (Å²) >= 11 is 0. The van der Waals surface area contributed by atoms with E-state index in [1.165, 1.54) is 19.2 Å². The molecule has 2 N–H and O–H groups in total. The fraction of sp³-hybridized carbons (Fsp3) is 0.364. The third-order valence-electron chi connectivity index (χ3n) is 6.34. The third-order valence-corrected chi connectivity index (χ3v) is 8.32. The minimum absolute atomic E-state index is 0.0650. The molecule has 0 radical (unpaired) electrons. The number of fused-ring (bicyclic) bond motifs is 3. The molecule has 0 unspecified atom stereocenters. The van der Waals surface area contributed by atoms with E-state index >= 15 is 0 Å². The maximum Gasteiger partial charge on any atom is 0.249 e. The van der Waals surface area contributed by atoms with Gasteiger partial charge >= 0.3 is 0 Å². The molecule has 2 aromatic rings. The van der Waals surface area contributed by atoms with Crippen LogP contribution >= 0.6 is 0 Å². The number of hydrogen-bond donors (Lipinski definition) is 1. The fourth-order valence-corrected chi connectivity index (χ4v) is 6.69. The Morgan fingerprint density at radius 2 is 1.81 bits per heavy atom. The van der Waals surface area contributed by atoms with Gasteiger partial charge in [-0.15, -0.1) is 0 Å². The SMILES string of the molecule is COCCN1C(=O)[C@]2(C)[C@H](c3ccccc31)[C@@H](C(N)=O)CN2S(=O)(=O)c1ccccc1. The van der Waals surface area contributed by atoms with E-state index in [1.807, 2.05) is 12.1 Å². The van der Waals surface area contributed by atoms with Crippen molar-refractivity contribution in [2.24, 2.45) is 11.7 Å². The van der Waals surface area contributed by atoms with Gasteiger partial charge in [0.25, 0.3) is 0 Å². The fourth-order valence-electron chi connectivity index (χ4n) is 4.89. The summed E-state index contributed by atoms with van der Waals surface area (Å²) < 4.78 is 33.6. The zero-order valence-electron chi connectivity index (χ0n) is 17.4. The van der Waals surface area contributed by atoms with Crippen molar-refractivity contribution in [3.63, 3.8) is 0 Å². The van der Waals surface area contributed by atoms with Gasteiger partial charge in [0.2, 0.25) is 21.8 Å². The number of carbonyl (C=O) groups is 2. The first-order valence-corrected chi connectivity index (χ1v) is 11.5. The lowest BCUT2D eigenvalue weighted by Gasteiger charge is -2.46. The van der Waals surface area contributed by atoms with E-state index in [9.17, 15) is 18.0 Å². The Balaban J connectivity index is 1.93. The number of hydrogen-bond acceptors (Lipinski definition) is 5. The standard InChI is InChI=1S/C22H25N3O5S/c1-22-19(16-10-6-7-11-18(16)24(21(22)27)12-13-30-2)17(20(23)26)14-25(22)31(28,29)15-8-4-3-5-9-15/h3-11,17,19H,12-14H2,1-2H3,(H2,23,26)/t17-,19+,22-/m0/s1. The molecule has 2 aliphatic rings. The first-order valence-electron chi connectivity index (χ1n) is 10.0. The Hall–Kier alpha value is -2.75. The summed E-state index contributed by atoms with van der Waals surface area (Å²) in [6, 6.07) is 15.2. The number of anilines is 1. The summed E-state index contributed by atoms with van der Waals surface area (Å²) in [5, 5.41) is 0. The van der Waals surface area contributed by atoms with Crippen molar-refractivity contribution in [3.05, 3.63) is 60.2 Å². The predicted octanol–water partition coefficient (Wildman–Crippen LogP) is 1.33. The molecule has 0 saturated carbocycles. The molecule has 0 spiro atoms. The molecule has 8 nitrogen and oxygen atoms in total. The number of para-hydroxylation sites is 1.